The number of pyridine rings is 1. The van der Waals surface area contributed by atoms with Crippen LogP contribution in [0.4, 0.5) is 11.4 Å². The number of aromatic nitrogens is 1. The van der Waals surface area contributed by atoms with Crippen LogP contribution in [0.3, 0.4) is 0 Å². The van der Waals surface area contributed by atoms with Gasteiger partial charge in [0.2, 0.25) is 0 Å². The third-order valence-corrected chi connectivity index (χ3v) is 2.76. The van der Waals surface area contributed by atoms with Crippen LogP contribution in [0, 0.1) is 13.8 Å². The van der Waals surface area contributed by atoms with Crippen molar-refractivity contribution in [3.63, 3.8) is 0 Å². The van der Waals surface area contributed by atoms with Crippen LogP contribution in [-0.2, 0) is 0 Å². The van der Waals surface area contributed by atoms with Gasteiger partial charge in [0, 0.05) is 24.6 Å². The molecular formula is C15H17N3O. The average Bonchev–Trinajstić information content (AvgIpc) is 2.37. The van der Waals surface area contributed by atoms with Gasteiger partial charge < -0.3 is 10.6 Å². The Kier molecular flexibility index (Phi) is 3.80. The maximum absolute atomic E-state index is 12.1. The van der Waals surface area contributed by atoms with Gasteiger partial charge in [0.05, 0.1) is 0 Å². The second-order valence-electron chi connectivity index (χ2n) is 4.51. The van der Waals surface area contributed by atoms with Crippen molar-refractivity contribution in [1.82, 2.24) is 4.98 Å². The molecule has 0 unspecified atom stereocenters. The molecule has 2 rings (SSSR count). The highest BCUT2D eigenvalue weighted by molar-refractivity contribution is 6.03. The molecule has 2 N–H and O–H groups in total. The zero-order valence-corrected chi connectivity index (χ0v) is 11.3. The van der Waals surface area contributed by atoms with Gasteiger partial charge in [0.25, 0.3) is 5.91 Å². The second-order valence-corrected chi connectivity index (χ2v) is 4.51. The van der Waals surface area contributed by atoms with Gasteiger partial charge in [-0.1, -0.05) is 6.07 Å². The summed E-state index contributed by atoms with van der Waals surface area (Å²) in [6.07, 6.45) is 1.61. The maximum atomic E-state index is 12.1. The Labute approximate surface area is 112 Å². The minimum Gasteiger partial charge on any atom is -0.388 e. The molecule has 4 nitrogen and oxygen atoms in total. The first-order valence-electron chi connectivity index (χ1n) is 6.12. The maximum Gasteiger partial charge on any atom is 0.274 e. The lowest BCUT2D eigenvalue weighted by Gasteiger charge is -2.08. The fraction of sp³-hybridized carbons (Fsp3) is 0.200. The smallest absolute Gasteiger partial charge is 0.274 e. The first kappa shape index (κ1) is 13.1. The number of anilines is 2. The lowest BCUT2D eigenvalue weighted by Crippen LogP contribution is -2.14. The van der Waals surface area contributed by atoms with Gasteiger partial charge in [-0.3, -0.25) is 9.78 Å². The molecule has 0 radical (unpaired) electrons. The molecule has 1 amide bonds. The molecule has 0 bridgehead atoms. The van der Waals surface area contributed by atoms with Crippen molar-refractivity contribution in [3.05, 3.63) is 53.3 Å². The summed E-state index contributed by atoms with van der Waals surface area (Å²) >= 11 is 0. The Bertz CT molecular complexity index is 588. The number of hydrogen-bond donors (Lipinski definition) is 2. The van der Waals surface area contributed by atoms with Crippen LogP contribution in [0.15, 0.2) is 36.5 Å². The quantitative estimate of drug-likeness (QED) is 0.886. The molecule has 0 aliphatic heterocycles. The Morgan fingerprint density at radius 1 is 1.05 bits per heavy atom. The van der Waals surface area contributed by atoms with Crippen molar-refractivity contribution < 1.29 is 4.79 Å². The highest BCUT2D eigenvalue weighted by atomic mass is 16.1. The first-order valence-corrected chi connectivity index (χ1v) is 6.12. The number of carbonyl (C=O) groups excluding carboxylic acids is 1. The third kappa shape index (κ3) is 3.31. The lowest BCUT2D eigenvalue weighted by molar-refractivity contribution is 0.102. The van der Waals surface area contributed by atoms with Crippen LogP contribution in [0.1, 0.15) is 21.6 Å². The molecular weight excluding hydrogens is 238 g/mol. The van der Waals surface area contributed by atoms with Crippen molar-refractivity contribution in [2.45, 2.75) is 13.8 Å². The fourth-order valence-electron chi connectivity index (χ4n) is 1.95. The van der Waals surface area contributed by atoms with Crippen LogP contribution in [-0.4, -0.2) is 17.9 Å². The van der Waals surface area contributed by atoms with Gasteiger partial charge in [-0.25, -0.2) is 0 Å². The normalized spacial score (nSPS) is 10.1. The fourth-order valence-corrected chi connectivity index (χ4v) is 1.95. The number of nitrogens with one attached hydrogen (secondary N) is 2. The number of aryl methyl sites for hydroxylation is 2. The summed E-state index contributed by atoms with van der Waals surface area (Å²) in [7, 11) is 1.81. The molecule has 4 heteroatoms. The van der Waals surface area contributed by atoms with Crippen molar-refractivity contribution in [1.29, 1.82) is 0 Å². The second kappa shape index (κ2) is 5.52. The number of benzene rings is 1. The molecule has 0 aliphatic carbocycles. The SMILES string of the molecule is CNc1ccnc(C(=O)Nc2cc(C)cc(C)c2)c1. The molecule has 0 aliphatic rings. The summed E-state index contributed by atoms with van der Waals surface area (Å²) in [5.41, 5.74) is 4.28. The van der Waals surface area contributed by atoms with E-state index in [2.05, 4.69) is 21.7 Å². The van der Waals surface area contributed by atoms with E-state index >= 15 is 0 Å². The van der Waals surface area contributed by atoms with Crippen LogP contribution >= 0.6 is 0 Å². The minimum absolute atomic E-state index is 0.206. The largest absolute Gasteiger partial charge is 0.388 e. The van der Waals surface area contributed by atoms with Gasteiger partial charge in [0.15, 0.2) is 0 Å². The first-order chi connectivity index (χ1) is 9.08. The van der Waals surface area contributed by atoms with E-state index in [1.807, 2.05) is 32.0 Å². The van der Waals surface area contributed by atoms with E-state index in [9.17, 15) is 4.79 Å². The van der Waals surface area contributed by atoms with Crippen LogP contribution in [0.2, 0.25) is 0 Å². The zero-order chi connectivity index (χ0) is 13.8. The molecule has 1 heterocycles. The van der Waals surface area contributed by atoms with Gasteiger partial charge in [-0.15, -0.1) is 0 Å². The van der Waals surface area contributed by atoms with Crippen molar-refractivity contribution >= 4 is 17.3 Å². The summed E-state index contributed by atoms with van der Waals surface area (Å²) in [6, 6.07) is 9.47. The third-order valence-electron chi connectivity index (χ3n) is 2.76. The van der Waals surface area contributed by atoms with Gasteiger partial charge >= 0.3 is 0 Å². The lowest BCUT2D eigenvalue weighted by atomic mass is 10.1. The number of rotatable bonds is 3. The molecule has 2 aromatic rings. The molecule has 1 aromatic heterocycles. The molecule has 0 spiro atoms. The van der Waals surface area contributed by atoms with Crippen molar-refractivity contribution in [2.75, 3.05) is 17.7 Å². The highest BCUT2D eigenvalue weighted by Gasteiger charge is 2.08. The monoisotopic (exact) mass is 255 g/mol. The van der Waals surface area contributed by atoms with Crippen molar-refractivity contribution in [2.24, 2.45) is 0 Å². The van der Waals surface area contributed by atoms with Gasteiger partial charge in [-0.05, 0) is 49.2 Å². The molecule has 19 heavy (non-hydrogen) atoms. The number of hydrogen-bond acceptors (Lipinski definition) is 3. The minimum atomic E-state index is -0.206. The Morgan fingerprint density at radius 2 is 1.74 bits per heavy atom. The molecule has 0 fully saturated rings. The van der Waals surface area contributed by atoms with E-state index in [0.717, 1.165) is 22.5 Å². The van der Waals surface area contributed by atoms with Gasteiger partial charge in [0.1, 0.15) is 5.69 Å². The topological polar surface area (TPSA) is 54.0 Å². The van der Waals surface area contributed by atoms with E-state index in [1.165, 1.54) is 0 Å². The summed E-state index contributed by atoms with van der Waals surface area (Å²) in [6.45, 7) is 4.01. The van der Waals surface area contributed by atoms with E-state index < -0.39 is 0 Å². The summed E-state index contributed by atoms with van der Waals surface area (Å²) in [5, 5.41) is 5.85. The molecule has 98 valence electrons. The molecule has 1 aromatic carbocycles. The summed E-state index contributed by atoms with van der Waals surface area (Å²) < 4.78 is 0. The van der Waals surface area contributed by atoms with E-state index in [1.54, 1.807) is 19.3 Å². The summed E-state index contributed by atoms with van der Waals surface area (Å²) in [4.78, 5) is 16.2. The Morgan fingerprint density at radius 3 is 2.37 bits per heavy atom. The zero-order valence-electron chi connectivity index (χ0n) is 11.3. The number of carbonyl (C=O) groups is 1. The summed E-state index contributed by atoms with van der Waals surface area (Å²) in [5.74, 6) is -0.206. The van der Waals surface area contributed by atoms with Crippen LogP contribution in [0.5, 0.6) is 0 Å². The highest BCUT2D eigenvalue weighted by Crippen LogP contribution is 2.15. The Hall–Kier alpha value is -2.36. The number of amides is 1. The molecule has 0 atom stereocenters. The van der Waals surface area contributed by atoms with E-state index in [-0.39, 0.29) is 5.91 Å². The molecule has 0 saturated heterocycles. The van der Waals surface area contributed by atoms with E-state index in [0.29, 0.717) is 5.69 Å². The molecule has 0 saturated carbocycles. The predicted octanol–water partition coefficient (Wildman–Crippen LogP) is 2.99. The predicted molar refractivity (Wildman–Crippen MR) is 77.7 cm³/mol. The van der Waals surface area contributed by atoms with Crippen molar-refractivity contribution in [3.8, 4) is 0 Å². The number of nitrogens with zero attached hydrogens (tertiary/aromatic N) is 1. The standard InChI is InChI=1S/C15H17N3O/c1-10-6-11(2)8-13(7-10)18-15(19)14-9-12(16-3)4-5-17-14/h4-9H,1-3H3,(H,16,17)(H,18,19). The average molecular weight is 255 g/mol. The van der Waals surface area contributed by atoms with Gasteiger partial charge in [-0.2, -0.15) is 0 Å². The van der Waals surface area contributed by atoms with Crippen LogP contribution in [0.25, 0.3) is 0 Å². The van der Waals surface area contributed by atoms with E-state index in [4.69, 9.17) is 0 Å². The Balaban J connectivity index is 2.20. The van der Waals surface area contributed by atoms with Crippen LogP contribution < -0.4 is 10.6 Å².